The van der Waals surface area contributed by atoms with Crippen molar-refractivity contribution in [2.24, 2.45) is 0 Å². The van der Waals surface area contributed by atoms with Gasteiger partial charge in [-0.2, -0.15) is 0 Å². The van der Waals surface area contributed by atoms with Crippen LogP contribution in [-0.4, -0.2) is 20.5 Å². The molecular weight excluding hydrogens is 268 g/mol. The minimum Gasteiger partial charge on any atom is -0.482 e. The Hall–Kier alpha value is -1.15. The van der Waals surface area contributed by atoms with Crippen molar-refractivity contribution in [2.75, 3.05) is 7.11 Å². The Morgan fingerprint density at radius 1 is 1.50 bits per heavy atom. The van der Waals surface area contributed by atoms with Crippen LogP contribution in [0.4, 0.5) is 8.78 Å². The summed E-state index contributed by atoms with van der Waals surface area (Å²) in [5, 5.41) is 0. The number of pyridine rings is 1. The summed E-state index contributed by atoms with van der Waals surface area (Å²) in [7, 11) is 1.59. The Morgan fingerprint density at radius 2 is 2.06 bits per heavy atom. The van der Waals surface area contributed by atoms with E-state index in [1.807, 2.05) is 4.98 Å². The van der Waals surface area contributed by atoms with Crippen LogP contribution in [0.2, 0.25) is 0 Å². The van der Waals surface area contributed by atoms with Gasteiger partial charge in [0.15, 0.2) is 0 Å². The topological polar surface area (TPSA) is 76.2 Å². The average Bonchev–Trinajstić information content (AvgIpc) is 2.14. The molecule has 0 saturated carbocycles. The van der Waals surface area contributed by atoms with E-state index in [4.69, 9.17) is 10.7 Å². The predicted octanol–water partition coefficient (Wildman–Crippen LogP) is 1.25. The van der Waals surface area contributed by atoms with Crippen LogP contribution in [0.3, 0.4) is 0 Å². The second-order valence-electron chi connectivity index (χ2n) is 2.69. The zero-order chi connectivity index (χ0) is 12.5. The van der Waals surface area contributed by atoms with Crippen LogP contribution in [-0.2, 0) is 9.05 Å². The van der Waals surface area contributed by atoms with Crippen LogP contribution in [0.15, 0.2) is 15.8 Å². The van der Waals surface area contributed by atoms with Crippen LogP contribution in [0, 0.1) is 0 Å². The molecular formula is C7H6ClF2NO4S. The molecule has 0 aliphatic carbocycles. The molecule has 0 atom stereocenters. The third kappa shape index (κ3) is 2.50. The molecule has 0 aromatic carbocycles. The summed E-state index contributed by atoms with van der Waals surface area (Å²) in [5.74, 6) is -0.496. The van der Waals surface area contributed by atoms with Gasteiger partial charge in [-0.1, -0.05) is 0 Å². The molecule has 9 heteroatoms. The van der Waals surface area contributed by atoms with Crippen LogP contribution in [0.25, 0.3) is 0 Å². The van der Waals surface area contributed by atoms with Crippen molar-refractivity contribution in [3.8, 4) is 5.88 Å². The van der Waals surface area contributed by atoms with E-state index in [1.165, 1.54) is 0 Å². The van der Waals surface area contributed by atoms with E-state index in [-0.39, 0.29) is 0 Å². The third-order valence-electron chi connectivity index (χ3n) is 1.70. The van der Waals surface area contributed by atoms with Crippen LogP contribution >= 0.6 is 10.7 Å². The number of halogens is 3. The van der Waals surface area contributed by atoms with Crippen LogP contribution < -0.4 is 10.3 Å². The van der Waals surface area contributed by atoms with Crippen LogP contribution in [0.5, 0.6) is 5.88 Å². The van der Waals surface area contributed by atoms with E-state index >= 15 is 0 Å². The number of nitrogens with one attached hydrogen (secondary N) is 1. The van der Waals surface area contributed by atoms with Gasteiger partial charge in [0.25, 0.3) is 21.0 Å². The lowest BCUT2D eigenvalue weighted by molar-refractivity contribution is 0.145. The molecule has 0 fully saturated rings. The highest BCUT2D eigenvalue weighted by atomic mass is 35.7. The summed E-state index contributed by atoms with van der Waals surface area (Å²) < 4.78 is 51.2. The number of methoxy groups -OCH3 is 1. The number of hydrogen-bond donors (Lipinski definition) is 1. The van der Waals surface area contributed by atoms with Gasteiger partial charge in [-0.05, 0) is 6.07 Å². The molecule has 90 valence electrons. The first-order valence-electron chi connectivity index (χ1n) is 3.81. The molecule has 0 aliphatic rings. The molecule has 1 aromatic heterocycles. The standard InChI is InChI=1S/C7H6ClF2NO4S/c1-15-7-3(5(9)10)2-4(6(12)11-7)16(8,13)14/h2,5H,1H3,(H,11,12). The fraction of sp³-hybridized carbons (Fsp3) is 0.286. The molecule has 16 heavy (non-hydrogen) atoms. The number of rotatable bonds is 3. The molecule has 0 bridgehead atoms. The molecule has 5 nitrogen and oxygen atoms in total. The lowest BCUT2D eigenvalue weighted by Crippen LogP contribution is -2.16. The lowest BCUT2D eigenvalue weighted by atomic mass is 10.3. The summed E-state index contributed by atoms with van der Waals surface area (Å²) in [6.45, 7) is 0. The van der Waals surface area contributed by atoms with E-state index in [9.17, 15) is 22.0 Å². The van der Waals surface area contributed by atoms with E-state index < -0.39 is 37.4 Å². The quantitative estimate of drug-likeness (QED) is 0.841. The van der Waals surface area contributed by atoms with Gasteiger partial charge in [-0.15, -0.1) is 0 Å². The summed E-state index contributed by atoms with van der Waals surface area (Å²) in [4.78, 5) is 12.1. The van der Waals surface area contributed by atoms with Crippen molar-refractivity contribution in [2.45, 2.75) is 11.3 Å². The Kier molecular flexibility index (Phi) is 3.54. The summed E-state index contributed by atoms with van der Waals surface area (Å²) in [6.07, 6.45) is -3.00. The number of hydrogen-bond acceptors (Lipinski definition) is 4. The maximum atomic E-state index is 12.5. The maximum absolute atomic E-state index is 12.5. The summed E-state index contributed by atoms with van der Waals surface area (Å²) >= 11 is 0. The zero-order valence-corrected chi connectivity index (χ0v) is 9.40. The molecule has 1 N–H and O–H groups in total. The second kappa shape index (κ2) is 4.38. The largest absolute Gasteiger partial charge is 0.482 e. The predicted molar refractivity (Wildman–Crippen MR) is 51.6 cm³/mol. The van der Waals surface area contributed by atoms with Crippen LogP contribution in [0.1, 0.15) is 12.0 Å². The highest BCUT2D eigenvalue weighted by molar-refractivity contribution is 8.13. The minimum atomic E-state index is -4.37. The zero-order valence-electron chi connectivity index (χ0n) is 7.83. The molecule has 0 amide bonds. The Balaban J connectivity index is 3.59. The number of alkyl halides is 2. The van der Waals surface area contributed by atoms with E-state index in [0.717, 1.165) is 7.11 Å². The molecule has 1 rings (SSSR count). The molecule has 0 radical (unpaired) electrons. The smallest absolute Gasteiger partial charge is 0.270 e. The first kappa shape index (κ1) is 12.9. The van der Waals surface area contributed by atoms with Crippen molar-refractivity contribution in [3.05, 3.63) is 22.0 Å². The number of aromatic amines is 1. The van der Waals surface area contributed by atoms with E-state index in [2.05, 4.69) is 4.74 Å². The van der Waals surface area contributed by atoms with Gasteiger partial charge in [-0.25, -0.2) is 17.2 Å². The van der Waals surface area contributed by atoms with Crippen molar-refractivity contribution < 1.29 is 21.9 Å². The van der Waals surface area contributed by atoms with Gasteiger partial charge in [0.05, 0.1) is 12.7 Å². The Bertz CT molecular complexity index is 554. The highest BCUT2D eigenvalue weighted by Crippen LogP contribution is 2.27. The molecule has 0 spiro atoms. The summed E-state index contributed by atoms with van der Waals surface area (Å²) in [5.41, 5.74) is -1.86. The molecule has 1 aromatic rings. The van der Waals surface area contributed by atoms with Gasteiger partial charge in [0.2, 0.25) is 5.88 Å². The van der Waals surface area contributed by atoms with Gasteiger partial charge in [-0.3, -0.25) is 9.78 Å². The van der Waals surface area contributed by atoms with Gasteiger partial charge >= 0.3 is 0 Å². The first-order chi connectivity index (χ1) is 7.27. The lowest BCUT2D eigenvalue weighted by Gasteiger charge is -2.07. The maximum Gasteiger partial charge on any atom is 0.270 e. The average molecular weight is 274 g/mol. The SMILES string of the molecule is COc1[nH]c(=O)c(S(=O)(=O)Cl)cc1C(F)F. The highest BCUT2D eigenvalue weighted by Gasteiger charge is 2.22. The van der Waals surface area contributed by atoms with Crippen molar-refractivity contribution in [1.82, 2.24) is 4.98 Å². The van der Waals surface area contributed by atoms with Gasteiger partial charge in [0.1, 0.15) is 4.90 Å². The number of H-pyrrole nitrogens is 1. The third-order valence-corrected chi connectivity index (χ3v) is 3.03. The van der Waals surface area contributed by atoms with Crippen molar-refractivity contribution in [1.29, 1.82) is 0 Å². The van der Waals surface area contributed by atoms with E-state index in [0.29, 0.717) is 6.07 Å². The molecule has 1 heterocycles. The monoisotopic (exact) mass is 273 g/mol. The summed E-state index contributed by atoms with van der Waals surface area (Å²) in [6, 6.07) is 0.491. The van der Waals surface area contributed by atoms with Crippen molar-refractivity contribution in [3.63, 3.8) is 0 Å². The number of aromatic nitrogens is 1. The Morgan fingerprint density at radius 3 is 2.44 bits per heavy atom. The van der Waals surface area contributed by atoms with Crippen molar-refractivity contribution >= 4 is 19.7 Å². The fourth-order valence-electron chi connectivity index (χ4n) is 1.02. The number of ether oxygens (including phenoxy) is 1. The molecule has 0 aliphatic heterocycles. The van der Waals surface area contributed by atoms with E-state index in [1.54, 1.807) is 0 Å². The second-order valence-corrected chi connectivity index (χ2v) is 5.22. The normalized spacial score (nSPS) is 11.8. The molecule has 0 saturated heterocycles. The Labute approximate surface area is 93.4 Å². The molecule has 0 unspecified atom stereocenters. The van der Waals surface area contributed by atoms with Gasteiger partial charge < -0.3 is 4.74 Å². The minimum absolute atomic E-state index is 0.491. The first-order valence-corrected chi connectivity index (χ1v) is 6.12. The van der Waals surface area contributed by atoms with Gasteiger partial charge in [0, 0.05) is 10.7 Å². The fourth-order valence-corrected chi connectivity index (χ4v) is 1.91.